The summed E-state index contributed by atoms with van der Waals surface area (Å²) >= 11 is 0. The van der Waals surface area contributed by atoms with Crippen LogP contribution < -0.4 is 9.47 Å². The Kier molecular flexibility index (Phi) is 7.51. The summed E-state index contributed by atoms with van der Waals surface area (Å²) < 4.78 is 11.1. The zero-order valence-electron chi connectivity index (χ0n) is 19.9. The molecule has 6 heteroatoms. The van der Waals surface area contributed by atoms with Gasteiger partial charge < -0.3 is 19.5 Å². The average Bonchev–Trinajstić information content (AvgIpc) is 3.14. The highest BCUT2D eigenvalue weighted by Crippen LogP contribution is 2.41. The smallest absolute Gasteiger partial charge is 0.295 e. The number of Topliss-reactive ketones (excluding diaryl/α,β-unsaturated/α-hetero) is 1. The van der Waals surface area contributed by atoms with Crippen molar-refractivity contribution in [2.45, 2.75) is 32.4 Å². The number of amides is 1. The van der Waals surface area contributed by atoms with Gasteiger partial charge in [0.15, 0.2) is 0 Å². The van der Waals surface area contributed by atoms with Gasteiger partial charge in [-0.2, -0.15) is 0 Å². The number of aliphatic hydroxyl groups excluding tert-OH is 1. The summed E-state index contributed by atoms with van der Waals surface area (Å²) in [7, 11) is 1.56. The largest absolute Gasteiger partial charge is 0.507 e. The van der Waals surface area contributed by atoms with Gasteiger partial charge in [0, 0.05) is 12.1 Å². The van der Waals surface area contributed by atoms with Crippen molar-refractivity contribution in [3.05, 3.63) is 101 Å². The molecule has 0 spiro atoms. The van der Waals surface area contributed by atoms with Crippen molar-refractivity contribution in [2.24, 2.45) is 0 Å². The third-order valence-corrected chi connectivity index (χ3v) is 6.04. The SMILES string of the molecule is CCCCOc1cccc(C2C(=C(O)c3ccc(OC)cc3)C(=O)C(=O)N2Cc2ccccc2)c1. The molecule has 1 N–H and O–H groups in total. The molecular weight excluding hydrogens is 442 g/mol. The number of rotatable bonds is 9. The van der Waals surface area contributed by atoms with Crippen molar-refractivity contribution in [1.29, 1.82) is 0 Å². The number of methoxy groups -OCH3 is 1. The van der Waals surface area contributed by atoms with E-state index in [1.54, 1.807) is 31.4 Å². The third kappa shape index (κ3) is 5.22. The minimum atomic E-state index is -0.757. The lowest BCUT2D eigenvalue weighted by atomic mass is 9.95. The Bertz CT molecular complexity index is 1220. The second-order valence-electron chi connectivity index (χ2n) is 8.42. The maximum Gasteiger partial charge on any atom is 0.295 e. The van der Waals surface area contributed by atoms with E-state index in [4.69, 9.17) is 9.47 Å². The number of unbranched alkanes of at least 4 members (excludes halogenated alkanes) is 1. The predicted molar refractivity (Wildman–Crippen MR) is 134 cm³/mol. The molecule has 1 amide bonds. The van der Waals surface area contributed by atoms with Gasteiger partial charge in [-0.1, -0.05) is 55.8 Å². The Balaban J connectivity index is 1.80. The summed E-state index contributed by atoms with van der Waals surface area (Å²) in [5.41, 5.74) is 2.08. The van der Waals surface area contributed by atoms with Crippen molar-refractivity contribution in [2.75, 3.05) is 13.7 Å². The Hall–Kier alpha value is -4.06. The first-order valence-electron chi connectivity index (χ1n) is 11.7. The van der Waals surface area contributed by atoms with Crippen LogP contribution in [-0.4, -0.2) is 35.4 Å². The lowest BCUT2D eigenvalue weighted by Gasteiger charge is -2.26. The van der Waals surface area contributed by atoms with Crippen molar-refractivity contribution in [3.8, 4) is 11.5 Å². The normalized spacial score (nSPS) is 17.0. The maximum atomic E-state index is 13.3. The van der Waals surface area contributed by atoms with Gasteiger partial charge in [-0.15, -0.1) is 0 Å². The number of hydrogen-bond donors (Lipinski definition) is 1. The van der Waals surface area contributed by atoms with Gasteiger partial charge in [-0.25, -0.2) is 0 Å². The molecule has 3 aromatic rings. The second-order valence-corrected chi connectivity index (χ2v) is 8.42. The Morgan fingerprint density at radius 1 is 0.943 bits per heavy atom. The fraction of sp³-hybridized carbons (Fsp3) is 0.241. The molecule has 6 nitrogen and oxygen atoms in total. The van der Waals surface area contributed by atoms with Crippen LogP contribution in [0.5, 0.6) is 11.5 Å². The zero-order valence-corrected chi connectivity index (χ0v) is 19.9. The number of likely N-dealkylation sites (tertiary alicyclic amines) is 1. The van der Waals surface area contributed by atoms with E-state index in [9.17, 15) is 14.7 Å². The van der Waals surface area contributed by atoms with Gasteiger partial charge in [-0.05, 0) is 53.9 Å². The summed E-state index contributed by atoms with van der Waals surface area (Å²) in [6, 6.07) is 22.9. The first-order chi connectivity index (χ1) is 17.0. The summed E-state index contributed by atoms with van der Waals surface area (Å²) in [5, 5.41) is 11.2. The predicted octanol–water partition coefficient (Wildman–Crippen LogP) is 5.50. The van der Waals surface area contributed by atoms with Crippen LogP contribution in [0.2, 0.25) is 0 Å². The average molecular weight is 472 g/mol. The van der Waals surface area contributed by atoms with E-state index in [0.29, 0.717) is 29.2 Å². The molecule has 1 unspecified atom stereocenters. The lowest BCUT2D eigenvalue weighted by Crippen LogP contribution is -2.29. The summed E-state index contributed by atoms with van der Waals surface area (Å²) in [6.07, 6.45) is 1.94. The minimum absolute atomic E-state index is 0.0572. The van der Waals surface area contributed by atoms with Crippen molar-refractivity contribution in [3.63, 3.8) is 0 Å². The molecule has 0 aliphatic carbocycles. The van der Waals surface area contributed by atoms with Crippen LogP contribution >= 0.6 is 0 Å². The number of nitrogens with zero attached hydrogens (tertiary/aromatic N) is 1. The van der Waals surface area contributed by atoms with E-state index in [1.165, 1.54) is 4.90 Å². The highest BCUT2D eigenvalue weighted by molar-refractivity contribution is 6.46. The maximum absolute atomic E-state index is 13.3. The van der Waals surface area contributed by atoms with E-state index in [2.05, 4.69) is 6.92 Å². The molecule has 1 aliphatic heterocycles. The van der Waals surface area contributed by atoms with E-state index in [-0.39, 0.29) is 17.9 Å². The molecule has 0 radical (unpaired) electrons. The number of ketones is 1. The molecule has 1 fully saturated rings. The molecule has 35 heavy (non-hydrogen) atoms. The standard InChI is InChI=1S/C29H29NO5/c1-3-4-17-35-24-12-8-11-22(18-24)26-25(27(31)21-13-15-23(34-2)16-14-21)28(32)29(33)30(26)19-20-9-6-5-7-10-20/h5-16,18,26,31H,3-4,17,19H2,1-2H3. The molecule has 0 aromatic heterocycles. The fourth-order valence-electron chi connectivity index (χ4n) is 4.18. The third-order valence-electron chi connectivity index (χ3n) is 6.04. The number of hydrogen-bond acceptors (Lipinski definition) is 5. The number of carbonyl (C=O) groups is 2. The van der Waals surface area contributed by atoms with Crippen LogP contribution in [0.15, 0.2) is 84.4 Å². The van der Waals surface area contributed by atoms with Gasteiger partial charge in [0.25, 0.3) is 11.7 Å². The van der Waals surface area contributed by atoms with Gasteiger partial charge in [0.1, 0.15) is 17.3 Å². The molecular formula is C29H29NO5. The van der Waals surface area contributed by atoms with Crippen LogP contribution in [0.3, 0.4) is 0 Å². The molecule has 1 atom stereocenters. The number of carbonyl (C=O) groups excluding carboxylic acids is 2. The van der Waals surface area contributed by atoms with Crippen LogP contribution in [-0.2, 0) is 16.1 Å². The number of benzene rings is 3. The quantitative estimate of drug-likeness (QED) is 0.193. The lowest BCUT2D eigenvalue weighted by molar-refractivity contribution is -0.140. The number of ether oxygens (including phenoxy) is 2. The van der Waals surface area contributed by atoms with E-state index >= 15 is 0 Å². The summed E-state index contributed by atoms with van der Waals surface area (Å²) in [6.45, 7) is 2.91. The molecule has 1 heterocycles. The number of aliphatic hydroxyl groups is 1. The molecule has 3 aromatic carbocycles. The Morgan fingerprint density at radius 2 is 1.69 bits per heavy atom. The molecule has 1 saturated heterocycles. The Morgan fingerprint density at radius 3 is 2.37 bits per heavy atom. The topological polar surface area (TPSA) is 76.1 Å². The second kappa shape index (κ2) is 10.9. The van der Waals surface area contributed by atoms with Crippen LogP contribution in [0.25, 0.3) is 5.76 Å². The molecule has 1 aliphatic rings. The first kappa shape index (κ1) is 24.1. The first-order valence-corrected chi connectivity index (χ1v) is 11.7. The van der Waals surface area contributed by atoms with Crippen LogP contribution in [0, 0.1) is 0 Å². The van der Waals surface area contributed by atoms with E-state index < -0.39 is 17.7 Å². The minimum Gasteiger partial charge on any atom is -0.507 e. The monoisotopic (exact) mass is 471 g/mol. The molecule has 4 rings (SSSR count). The van der Waals surface area contributed by atoms with Gasteiger partial charge in [0.2, 0.25) is 0 Å². The summed E-state index contributed by atoms with van der Waals surface area (Å²) in [5.74, 6) is -0.295. The molecule has 0 bridgehead atoms. The highest BCUT2D eigenvalue weighted by Gasteiger charge is 2.46. The molecule has 180 valence electrons. The van der Waals surface area contributed by atoms with Crippen molar-refractivity contribution >= 4 is 17.4 Å². The van der Waals surface area contributed by atoms with Gasteiger partial charge in [-0.3, -0.25) is 9.59 Å². The molecule has 0 saturated carbocycles. The van der Waals surface area contributed by atoms with Crippen LogP contribution in [0.4, 0.5) is 0 Å². The van der Waals surface area contributed by atoms with E-state index in [0.717, 1.165) is 18.4 Å². The van der Waals surface area contributed by atoms with Crippen LogP contribution in [0.1, 0.15) is 42.5 Å². The zero-order chi connectivity index (χ0) is 24.8. The fourth-order valence-corrected chi connectivity index (χ4v) is 4.18. The van der Waals surface area contributed by atoms with E-state index in [1.807, 2.05) is 54.6 Å². The van der Waals surface area contributed by atoms with Crippen molar-refractivity contribution in [1.82, 2.24) is 4.90 Å². The van der Waals surface area contributed by atoms with Crippen molar-refractivity contribution < 1.29 is 24.2 Å². The van der Waals surface area contributed by atoms with Gasteiger partial charge in [0.05, 0.1) is 25.3 Å². The van der Waals surface area contributed by atoms with Gasteiger partial charge >= 0.3 is 0 Å². The highest BCUT2D eigenvalue weighted by atomic mass is 16.5. The Labute approximate surface area is 205 Å². The summed E-state index contributed by atoms with van der Waals surface area (Å²) in [4.78, 5) is 28.0.